The molecule has 5 heterocycles. The number of aliphatic hydroxyl groups excluding tert-OH is 1. The second-order valence-corrected chi connectivity index (χ2v) is 19.7. The third kappa shape index (κ3) is 11.3. The molecule has 2 saturated heterocycles. The number of fused-ring (bicyclic) bond motifs is 1. The Labute approximate surface area is 436 Å². The van der Waals surface area contributed by atoms with Gasteiger partial charge in [-0.3, -0.25) is 23.0 Å². The van der Waals surface area contributed by atoms with Crippen molar-refractivity contribution in [2.24, 2.45) is 5.73 Å². The zero-order valence-corrected chi connectivity index (χ0v) is 43.1. The number of methoxy groups -OCH3 is 3. The van der Waals surface area contributed by atoms with E-state index >= 15 is 0 Å². The van der Waals surface area contributed by atoms with Gasteiger partial charge < -0.3 is 60.1 Å². The number of anilines is 2. The molecule has 0 saturated carbocycles. The molecule has 0 radical (unpaired) electrons. The van der Waals surface area contributed by atoms with E-state index in [1.807, 2.05) is 78.9 Å². The number of nitrogens with zero attached hydrogens (tertiary/aromatic N) is 7. The van der Waals surface area contributed by atoms with Gasteiger partial charge in [-0.1, -0.05) is 66.7 Å². The summed E-state index contributed by atoms with van der Waals surface area (Å²) in [6.45, 7) is -0.982. The molecule has 23 nitrogen and oxygen atoms in total. The third-order valence-corrected chi connectivity index (χ3v) is 14.3. The molecule has 7 N–H and O–H groups in total. The van der Waals surface area contributed by atoms with Crippen LogP contribution < -0.4 is 41.6 Å². The van der Waals surface area contributed by atoms with Crippen LogP contribution in [0, 0.1) is 0 Å². The number of imidazole rings is 1. The van der Waals surface area contributed by atoms with E-state index in [0.29, 0.717) is 45.4 Å². The number of hydrogen-bond acceptors (Lipinski definition) is 19. The lowest BCUT2D eigenvalue weighted by Crippen LogP contribution is -2.53. The fraction of sp³-hybridized carbons (Fsp3) is 0.346. The molecule has 9 rings (SSSR count). The minimum absolute atomic E-state index is 0.0187. The fourth-order valence-electron chi connectivity index (χ4n) is 9.45. The van der Waals surface area contributed by atoms with Crippen LogP contribution >= 0.6 is 7.82 Å². The number of benzene rings is 4. The van der Waals surface area contributed by atoms with Gasteiger partial charge in [-0.25, -0.2) is 24.3 Å². The highest BCUT2D eigenvalue weighted by Gasteiger charge is 2.49. The molecule has 400 valence electrons. The summed E-state index contributed by atoms with van der Waals surface area (Å²) in [5, 5.41) is 14.8. The molecule has 3 aromatic heterocycles. The number of aromatic nitrogens is 6. The highest BCUT2D eigenvalue weighted by atomic mass is 31.2. The highest BCUT2D eigenvalue weighted by molar-refractivity contribution is 7.47. The summed E-state index contributed by atoms with van der Waals surface area (Å²) >= 11 is 0. The number of hydrogen-bond donors (Lipinski definition) is 5. The first kappa shape index (κ1) is 53.5. The minimum atomic E-state index is -5.16. The maximum atomic E-state index is 14.4. The maximum Gasteiger partial charge on any atom is 0.472 e. The normalized spacial score (nSPS) is 21.7. The third-order valence-electron chi connectivity index (χ3n) is 13.3. The molecule has 0 aliphatic carbocycles. The Morgan fingerprint density at radius 2 is 1.46 bits per heavy atom. The van der Waals surface area contributed by atoms with E-state index in [9.17, 15) is 24.2 Å². The summed E-state index contributed by atoms with van der Waals surface area (Å²) in [6.07, 6.45) is -3.42. The molecule has 76 heavy (non-hydrogen) atoms. The van der Waals surface area contributed by atoms with E-state index < -0.39 is 80.6 Å². The smallest absolute Gasteiger partial charge is 0.472 e. The Hall–Kier alpha value is -7.31. The van der Waals surface area contributed by atoms with Gasteiger partial charge in [0, 0.05) is 26.7 Å². The predicted molar refractivity (Wildman–Crippen MR) is 277 cm³/mol. The summed E-state index contributed by atoms with van der Waals surface area (Å²) in [5.41, 5.74) is 13.8. The molecule has 2 aliphatic heterocycles. The Balaban J connectivity index is 1.00. The van der Waals surface area contributed by atoms with Gasteiger partial charge in [0.1, 0.15) is 65.6 Å². The Morgan fingerprint density at radius 3 is 2.07 bits per heavy atom. The maximum absolute atomic E-state index is 14.4. The fourth-order valence-corrected chi connectivity index (χ4v) is 10.4. The van der Waals surface area contributed by atoms with Crippen molar-refractivity contribution >= 4 is 36.5 Å². The van der Waals surface area contributed by atoms with Crippen LogP contribution in [0.5, 0.6) is 17.2 Å². The SMILES string of the molecule is COc1ccc(C[C@H](N)C(=O)N[C@H]2[C@@H](O)[C@H](n3cnc4c(N(C)C)ncnc43)O[C@@H]2COP(=O)(O)OC2C[C@H](n3ccc(N)nc3=O)O[C@@H]2COC(c2ccccc2)(c2ccc(OC)cc2)c2ccc(OC)cc2)cc1. The first-order valence-corrected chi connectivity index (χ1v) is 25.6. The number of rotatable bonds is 21. The van der Waals surface area contributed by atoms with Gasteiger partial charge in [-0.15, -0.1) is 0 Å². The summed E-state index contributed by atoms with van der Waals surface area (Å²) in [5.74, 6) is 1.67. The number of nitrogens with two attached hydrogens (primary N) is 2. The van der Waals surface area contributed by atoms with Crippen LogP contribution in [0.1, 0.15) is 41.1 Å². The standard InChI is InChI=1S/C52H59N10O13P/c1-60(2)47-45-48(56-29-55-47)62(30-57-45)50-46(63)44(59-49(64)38(53)25-31-11-17-35(68-3)18-12-31)41(74-50)28-72-76(66,67)75-39-26-43(61-24-23-42(54)58-51(61)65)73-40(39)27-71-52(32-9-7-6-8-10-32,33-13-19-36(69-4)20-14-33)34-15-21-37(70-5)22-16-34/h6-24,29-30,38-41,43-44,46,50,63H,25-28,53H2,1-5H3,(H,59,64)(H,66,67)(H2,54,58,65)/t38-,39?,40+,41+,43+,44+,46+,50+/m0/s1. The predicted octanol–water partition coefficient (Wildman–Crippen LogP) is 3.87. The number of phosphoric acid groups is 1. The van der Waals surface area contributed by atoms with E-state index in [-0.39, 0.29) is 25.3 Å². The zero-order valence-electron chi connectivity index (χ0n) is 42.2. The van der Waals surface area contributed by atoms with E-state index in [0.717, 1.165) is 11.1 Å². The Bertz CT molecular complexity index is 3160. The second-order valence-electron chi connectivity index (χ2n) is 18.3. The Kier molecular flexibility index (Phi) is 16.1. The Morgan fingerprint density at radius 1 is 0.842 bits per heavy atom. The summed E-state index contributed by atoms with van der Waals surface area (Å²) in [6, 6.07) is 30.3. The molecule has 24 heteroatoms. The summed E-state index contributed by atoms with van der Waals surface area (Å²) in [7, 11) is 3.10. The molecule has 4 aromatic carbocycles. The van der Waals surface area contributed by atoms with E-state index in [1.165, 1.54) is 34.1 Å². The van der Waals surface area contributed by atoms with Crippen LogP contribution in [0.4, 0.5) is 11.6 Å². The van der Waals surface area contributed by atoms with Gasteiger partial charge in [0.15, 0.2) is 23.2 Å². The van der Waals surface area contributed by atoms with Gasteiger partial charge in [0.05, 0.1) is 53.0 Å². The largest absolute Gasteiger partial charge is 0.497 e. The number of carbonyl (C=O) groups excluding carboxylic acids is 1. The van der Waals surface area contributed by atoms with Crippen molar-refractivity contribution in [3.05, 3.63) is 161 Å². The highest BCUT2D eigenvalue weighted by Crippen LogP contribution is 2.50. The van der Waals surface area contributed by atoms with Crippen molar-refractivity contribution in [1.29, 1.82) is 0 Å². The first-order valence-electron chi connectivity index (χ1n) is 24.1. The molecule has 7 aromatic rings. The molecule has 9 atom stereocenters. The minimum Gasteiger partial charge on any atom is -0.497 e. The number of nitrogen functional groups attached to an aromatic ring is 1. The molecule has 0 bridgehead atoms. The molecule has 2 fully saturated rings. The topological polar surface area (TPSA) is 294 Å². The first-order chi connectivity index (χ1) is 36.6. The van der Waals surface area contributed by atoms with Crippen LogP contribution in [-0.4, -0.2) is 130 Å². The lowest BCUT2D eigenvalue weighted by atomic mass is 9.80. The van der Waals surface area contributed by atoms with E-state index in [1.54, 1.807) is 64.6 Å². The zero-order chi connectivity index (χ0) is 53.7. The summed E-state index contributed by atoms with van der Waals surface area (Å²) in [4.78, 5) is 57.6. The van der Waals surface area contributed by atoms with Crippen molar-refractivity contribution in [2.45, 2.75) is 67.4 Å². The van der Waals surface area contributed by atoms with Crippen LogP contribution in [-0.2, 0) is 44.6 Å². The quantitative estimate of drug-likeness (QED) is 0.0504. The van der Waals surface area contributed by atoms with Gasteiger partial charge in [-0.05, 0) is 71.1 Å². The average molecular weight is 1060 g/mol. The van der Waals surface area contributed by atoms with Crippen LogP contribution in [0.15, 0.2) is 133 Å². The molecule has 0 spiro atoms. The van der Waals surface area contributed by atoms with Crippen molar-refractivity contribution in [3.63, 3.8) is 0 Å². The van der Waals surface area contributed by atoms with Crippen LogP contribution in [0.25, 0.3) is 11.2 Å². The van der Waals surface area contributed by atoms with Crippen molar-refractivity contribution in [1.82, 2.24) is 34.4 Å². The number of nitrogens with one attached hydrogen (secondary N) is 1. The van der Waals surface area contributed by atoms with E-state index in [2.05, 4.69) is 25.3 Å². The number of carbonyl (C=O) groups is 1. The number of phosphoric ester groups is 1. The van der Waals surface area contributed by atoms with Crippen LogP contribution in [0.2, 0.25) is 0 Å². The molecular weight excluding hydrogens is 1000 g/mol. The monoisotopic (exact) mass is 1060 g/mol. The number of ether oxygens (including phenoxy) is 6. The van der Waals surface area contributed by atoms with Crippen LogP contribution in [0.3, 0.4) is 0 Å². The second kappa shape index (κ2) is 22.9. The van der Waals surface area contributed by atoms with Gasteiger partial charge >= 0.3 is 13.5 Å². The van der Waals surface area contributed by atoms with Crippen molar-refractivity contribution in [2.75, 3.05) is 59.3 Å². The number of aliphatic hydroxyl groups is 1. The number of amides is 1. The van der Waals surface area contributed by atoms with Crippen molar-refractivity contribution < 1.29 is 56.8 Å². The lowest BCUT2D eigenvalue weighted by Gasteiger charge is -2.37. The average Bonchev–Trinajstić information content (AvgIpc) is 4.13. The summed E-state index contributed by atoms with van der Waals surface area (Å²) < 4.78 is 65.1. The molecule has 2 unspecified atom stereocenters. The van der Waals surface area contributed by atoms with Crippen molar-refractivity contribution in [3.8, 4) is 17.2 Å². The van der Waals surface area contributed by atoms with Gasteiger partial charge in [0.25, 0.3) is 0 Å². The van der Waals surface area contributed by atoms with E-state index in [4.69, 9.17) is 48.9 Å². The molecule has 1 amide bonds. The molecule has 2 aliphatic rings. The molecular formula is C52H59N10O13P. The van der Waals surface area contributed by atoms with Gasteiger partial charge in [-0.2, -0.15) is 4.98 Å². The van der Waals surface area contributed by atoms with Gasteiger partial charge in [0.2, 0.25) is 5.91 Å². The lowest BCUT2D eigenvalue weighted by molar-refractivity contribution is -0.124.